The van der Waals surface area contributed by atoms with E-state index in [0.29, 0.717) is 21.5 Å². The minimum absolute atomic E-state index is 0.124. The highest BCUT2D eigenvalue weighted by Crippen LogP contribution is 2.26. The van der Waals surface area contributed by atoms with Gasteiger partial charge in [-0.05, 0) is 60.4 Å². The number of amides is 2. The molecule has 0 aliphatic heterocycles. The van der Waals surface area contributed by atoms with Crippen LogP contribution in [0, 0.1) is 0 Å². The Labute approximate surface area is 237 Å². The monoisotopic (exact) mass is 574 g/mol. The van der Waals surface area contributed by atoms with Crippen molar-refractivity contribution in [3.05, 3.63) is 99.0 Å². The number of thioether (sulfide) groups is 1. The third kappa shape index (κ3) is 8.15. The van der Waals surface area contributed by atoms with Crippen molar-refractivity contribution in [1.29, 1.82) is 0 Å². The molecule has 0 radical (unpaired) electrons. The standard InChI is InChI=1S/C29H29Cl3N2O2S/c30-22-11-13-24(14-12-22)37-19-28(35)34(18-21-10-15-25(31)26(32)16-21)27(17-20-6-2-1-3-7-20)29(36)33-23-8-4-5-9-23/h1-3,6-7,10-16,23,27H,4-5,8-9,17-19H2,(H,33,36). The van der Waals surface area contributed by atoms with Crippen LogP contribution in [0.3, 0.4) is 0 Å². The van der Waals surface area contributed by atoms with Crippen molar-refractivity contribution in [2.75, 3.05) is 5.75 Å². The molecule has 1 aliphatic carbocycles. The highest BCUT2D eigenvalue weighted by molar-refractivity contribution is 8.00. The zero-order valence-electron chi connectivity index (χ0n) is 20.3. The molecule has 194 valence electrons. The van der Waals surface area contributed by atoms with Crippen LogP contribution in [-0.2, 0) is 22.6 Å². The predicted octanol–water partition coefficient (Wildman–Crippen LogP) is 7.44. The molecule has 4 rings (SSSR count). The Kier molecular flexibility index (Phi) is 10.2. The minimum atomic E-state index is -0.671. The van der Waals surface area contributed by atoms with E-state index in [1.807, 2.05) is 48.5 Å². The normalized spacial score (nSPS) is 14.4. The van der Waals surface area contributed by atoms with Crippen molar-refractivity contribution in [1.82, 2.24) is 10.2 Å². The van der Waals surface area contributed by atoms with Crippen LogP contribution in [0.1, 0.15) is 36.8 Å². The van der Waals surface area contributed by atoms with Crippen molar-refractivity contribution in [3.63, 3.8) is 0 Å². The van der Waals surface area contributed by atoms with Gasteiger partial charge in [0, 0.05) is 28.9 Å². The first-order chi connectivity index (χ1) is 17.9. The molecule has 1 saturated carbocycles. The lowest BCUT2D eigenvalue weighted by Gasteiger charge is -2.32. The molecule has 1 atom stereocenters. The first kappa shape index (κ1) is 27.8. The molecule has 1 aliphatic rings. The third-order valence-corrected chi connectivity index (χ3v) is 8.47. The maximum atomic E-state index is 13.8. The van der Waals surface area contributed by atoms with Crippen LogP contribution < -0.4 is 5.32 Å². The van der Waals surface area contributed by atoms with Crippen LogP contribution in [0.5, 0.6) is 0 Å². The Hall–Kier alpha value is -2.18. The lowest BCUT2D eigenvalue weighted by atomic mass is 10.0. The third-order valence-electron chi connectivity index (χ3n) is 6.49. The van der Waals surface area contributed by atoms with Crippen LogP contribution in [0.15, 0.2) is 77.7 Å². The van der Waals surface area contributed by atoms with Crippen molar-refractivity contribution < 1.29 is 9.59 Å². The lowest BCUT2D eigenvalue weighted by Crippen LogP contribution is -2.52. The van der Waals surface area contributed by atoms with Crippen LogP contribution in [0.2, 0.25) is 15.1 Å². The molecule has 0 heterocycles. The van der Waals surface area contributed by atoms with E-state index >= 15 is 0 Å². The molecule has 3 aromatic carbocycles. The SMILES string of the molecule is O=C(NC1CCCC1)C(Cc1ccccc1)N(Cc1ccc(Cl)c(Cl)c1)C(=O)CSc1ccc(Cl)cc1. The van der Waals surface area contributed by atoms with Crippen LogP contribution in [-0.4, -0.2) is 34.6 Å². The van der Waals surface area contributed by atoms with Crippen molar-refractivity contribution >= 4 is 58.4 Å². The molecule has 3 aromatic rings. The quantitative estimate of drug-likeness (QED) is 0.256. The summed E-state index contributed by atoms with van der Waals surface area (Å²) >= 11 is 19.9. The second-order valence-electron chi connectivity index (χ2n) is 9.21. The summed E-state index contributed by atoms with van der Waals surface area (Å²) in [6.07, 6.45) is 4.57. The number of carbonyl (C=O) groups excluding carboxylic acids is 2. The largest absolute Gasteiger partial charge is 0.352 e. The van der Waals surface area contributed by atoms with Crippen molar-refractivity contribution in [3.8, 4) is 0 Å². The summed E-state index contributed by atoms with van der Waals surface area (Å²) in [5, 5.41) is 4.72. The van der Waals surface area contributed by atoms with E-state index in [-0.39, 0.29) is 30.2 Å². The second-order valence-corrected chi connectivity index (χ2v) is 11.5. The van der Waals surface area contributed by atoms with Gasteiger partial charge in [0.25, 0.3) is 0 Å². The van der Waals surface area contributed by atoms with Crippen molar-refractivity contribution in [2.45, 2.75) is 55.6 Å². The number of rotatable bonds is 10. The Balaban J connectivity index is 1.62. The topological polar surface area (TPSA) is 49.4 Å². The summed E-state index contributed by atoms with van der Waals surface area (Å²) in [7, 11) is 0. The molecule has 37 heavy (non-hydrogen) atoms. The highest BCUT2D eigenvalue weighted by atomic mass is 35.5. The van der Waals surface area contributed by atoms with E-state index in [1.54, 1.807) is 29.2 Å². The first-order valence-corrected chi connectivity index (χ1v) is 14.5. The van der Waals surface area contributed by atoms with E-state index in [2.05, 4.69) is 5.32 Å². The zero-order chi connectivity index (χ0) is 26.2. The molecule has 1 fully saturated rings. The highest BCUT2D eigenvalue weighted by Gasteiger charge is 2.32. The summed E-state index contributed by atoms with van der Waals surface area (Å²) in [4.78, 5) is 30.1. The molecule has 4 nitrogen and oxygen atoms in total. The van der Waals surface area contributed by atoms with Gasteiger partial charge in [-0.2, -0.15) is 0 Å². The fourth-order valence-electron chi connectivity index (χ4n) is 4.51. The fourth-order valence-corrected chi connectivity index (χ4v) is 5.75. The van der Waals surface area contributed by atoms with Crippen LogP contribution in [0.25, 0.3) is 0 Å². The maximum Gasteiger partial charge on any atom is 0.243 e. The molecule has 1 unspecified atom stereocenters. The maximum absolute atomic E-state index is 13.8. The molecule has 0 aromatic heterocycles. The van der Waals surface area contributed by atoms with E-state index < -0.39 is 6.04 Å². The summed E-state index contributed by atoms with van der Waals surface area (Å²) in [5.41, 5.74) is 1.80. The number of hydrogen-bond acceptors (Lipinski definition) is 3. The lowest BCUT2D eigenvalue weighted by molar-refractivity contribution is -0.139. The molecule has 0 bridgehead atoms. The van der Waals surface area contributed by atoms with E-state index in [0.717, 1.165) is 41.7 Å². The number of nitrogens with one attached hydrogen (secondary N) is 1. The van der Waals surface area contributed by atoms with Crippen molar-refractivity contribution in [2.24, 2.45) is 0 Å². The molecule has 8 heteroatoms. The average molecular weight is 576 g/mol. The number of halogens is 3. The van der Waals surface area contributed by atoms with Gasteiger partial charge in [-0.3, -0.25) is 9.59 Å². The van der Waals surface area contributed by atoms with E-state index in [9.17, 15) is 9.59 Å². The van der Waals surface area contributed by atoms with E-state index in [1.165, 1.54) is 11.8 Å². The predicted molar refractivity (Wildman–Crippen MR) is 154 cm³/mol. The Morgan fingerprint density at radius 2 is 1.59 bits per heavy atom. The number of carbonyl (C=O) groups is 2. The number of nitrogens with zero attached hydrogens (tertiary/aromatic N) is 1. The smallest absolute Gasteiger partial charge is 0.243 e. The van der Waals surface area contributed by atoms with Gasteiger partial charge in [0.15, 0.2) is 0 Å². The molecule has 2 amide bonds. The number of hydrogen-bond donors (Lipinski definition) is 1. The summed E-state index contributed by atoms with van der Waals surface area (Å²) in [6.45, 7) is 0.243. The zero-order valence-corrected chi connectivity index (χ0v) is 23.4. The number of benzene rings is 3. The fraction of sp³-hybridized carbons (Fsp3) is 0.310. The van der Waals surface area contributed by atoms with Gasteiger partial charge in [0.2, 0.25) is 11.8 Å². The second kappa shape index (κ2) is 13.6. The van der Waals surface area contributed by atoms with Gasteiger partial charge in [-0.1, -0.05) is 84.0 Å². The van der Waals surface area contributed by atoms with Crippen LogP contribution >= 0.6 is 46.6 Å². The summed E-state index contributed by atoms with van der Waals surface area (Å²) < 4.78 is 0. The summed E-state index contributed by atoms with van der Waals surface area (Å²) in [5.74, 6) is -0.0699. The van der Waals surface area contributed by atoms with Gasteiger partial charge in [-0.15, -0.1) is 11.8 Å². The van der Waals surface area contributed by atoms with Crippen LogP contribution in [0.4, 0.5) is 0 Å². The van der Waals surface area contributed by atoms with Gasteiger partial charge in [-0.25, -0.2) is 0 Å². The van der Waals surface area contributed by atoms with Gasteiger partial charge in [0.1, 0.15) is 6.04 Å². The molecule has 0 saturated heterocycles. The molecule has 1 N–H and O–H groups in total. The average Bonchev–Trinajstić information content (AvgIpc) is 3.41. The molecular weight excluding hydrogens is 547 g/mol. The van der Waals surface area contributed by atoms with Gasteiger partial charge >= 0.3 is 0 Å². The Morgan fingerprint density at radius 3 is 2.27 bits per heavy atom. The Bertz CT molecular complexity index is 1200. The van der Waals surface area contributed by atoms with E-state index in [4.69, 9.17) is 34.8 Å². The Morgan fingerprint density at radius 1 is 0.892 bits per heavy atom. The molecular formula is C29H29Cl3N2O2S. The minimum Gasteiger partial charge on any atom is -0.352 e. The van der Waals surface area contributed by atoms with Gasteiger partial charge < -0.3 is 10.2 Å². The summed E-state index contributed by atoms with van der Waals surface area (Å²) in [6, 6.07) is 22.0. The van der Waals surface area contributed by atoms with Gasteiger partial charge in [0.05, 0.1) is 15.8 Å². The molecule has 0 spiro atoms. The first-order valence-electron chi connectivity index (χ1n) is 12.3.